The van der Waals surface area contributed by atoms with Gasteiger partial charge in [-0.05, 0) is 246 Å². The summed E-state index contributed by atoms with van der Waals surface area (Å²) >= 11 is 0. The predicted octanol–water partition coefficient (Wildman–Crippen LogP) is 9.92. The van der Waals surface area contributed by atoms with Crippen LogP contribution in [0.1, 0.15) is 200 Å². The van der Waals surface area contributed by atoms with E-state index < -0.39 is 76.2 Å². The van der Waals surface area contributed by atoms with E-state index in [2.05, 4.69) is 88.4 Å². The highest BCUT2D eigenvalue weighted by atomic mass is 16.7. The van der Waals surface area contributed by atoms with E-state index in [1.54, 1.807) is 12.1 Å². The second kappa shape index (κ2) is 24.9. The minimum absolute atomic E-state index is 0.0419. The summed E-state index contributed by atoms with van der Waals surface area (Å²) in [6.07, 6.45) is 28.3. The van der Waals surface area contributed by atoms with Gasteiger partial charge >= 0.3 is 5.97 Å². The lowest BCUT2D eigenvalue weighted by Gasteiger charge is -2.63. The van der Waals surface area contributed by atoms with Gasteiger partial charge in [0.05, 0.1) is 31.1 Å². The Kier molecular flexibility index (Phi) is 17.1. The Morgan fingerprint density at radius 1 is 0.958 bits per heavy atom. The van der Waals surface area contributed by atoms with Gasteiger partial charge in [-0.15, -0.1) is 0 Å². The van der Waals surface area contributed by atoms with Gasteiger partial charge in [0.1, 0.15) is 17.7 Å². The number of ether oxygens (including phenoxy) is 2. The van der Waals surface area contributed by atoms with Crippen molar-refractivity contribution in [1.82, 2.24) is 31.9 Å². The van der Waals surface area contributed by atoms with E-state index in [9.17, 15) is 20.4 Å². The number of likely N-dealkylation sites (N-methyl/N-ethyl adjacent to an activating group) is 1. The van der Waals surface area contributed by atoms with E-state index in [-0.39, 0.29) is 76.4 Å². The summed E-state index contributed by atoms with van der Waals surface area (Å²) < 4.78 is 14.7. The molecule has 1 unspecified atom stereocenters. The average Bonchev–Trinajstić information content (AvgIpc) is 1.50. The second-order valence-electron chi connectivity index (χ2n) is 32.5. The lowest BCUT2D eigenvalue weighted by molar-refractivity contribution is -0.199. The van der Waals surface area contributed by atoms with E-state index in [4.69, 9.17) is 15.2 Å². The Bertz CT molecular complexity index is 3640. The predicted molar refractivity (Wildman–Crippen MR) is 366 cm³/mol. The van der Waals surface area contributed by atoms with Gasteiger partial charge in [-0.1, -0.05) is 93.0 Å². The molecule has 6 heterocycles. The van der Waals surface area contributed by atoms with Crippen molar-refractivity contribution in [3.63, 3.8) is 0 Å². The van der Waals surface area contributed by atoms with Gasteiger partial charge in [0.2, 0.25) is 5.78 Å². The van der Waals surface area contributed by atoms with Crippen LogP contribution in [-0.4, -0.2) is 125 Å². The number of ketones is 2. The third-order valence-corrected chi connectivity index (χ3v) is 27.0. The zero-order valence-electron chi connectivity index (χ0n) is 56.8. The molecule has 1 saturated heterocycles. The summed E-state index contributed by atoms with van der Waals surface area (Å²) in [4.78, 5) is 50.0. The van der Waals surface area contributed by atoms with Crippen LogP contribution in [0, 0.1) is 51.8 Å². The van der Waals surface area contributed by atoms with E-state index in [0.717, 1.165) is 124 Å². The van der Waals surface area contributed by atoms with Crippen molar-refractivity contribution in [2.45, 2.75) is 228 Å². The third-order valence-electron chi connectivity index (χ3n) is 27.0. The van der Waals surface area contributed by atoms with Crippen LogP contribution in [0.15, 0.2) is 124 Å². The second-order valence-corrected chi connectivity index (χ2v) is 32.5. The van der Waals surface area contributed by atoms with Crippen molar-refractivity contribution in [3.05, 3.63) is 146 Å². The lowest BCUT2D eigenvalue weighted by atomic mass is 9.45. The number of benzene rings is 2. The lowest BCUT2D eigenvalue weighted by Crippen LogP contribution is -2.68. The van der Waals surface area contributed by atoms with Crippen LogP contribution in [-0.2, 0) is 20.7 Å². The number of rotatable bonds is 13. The Hall–Kier alpha value is -5.69. The zero-order chi connectivity index (χ0) is 66.0. The fraction of sp³-hybridized carbons (Fsp3) is 0.633. The number of allylic oxidation sites excluding steroid dienone is 8. The van der Waals surface area contributed by atoms with Crippen molar-refractivity contribution in [3.8, 4) is 5.75 Å². The monoisotopic (exact) mass is 1300 g/mol. The van der Waals surface area contributed by atoms with E-state index in [1.807, 2.05) is 45.2 Å². The van der Waals surface area contributed by atoms with Gasteiger partial charge in [-0.2, -0.15) is 0 Å². The molecule has 3 spiro atoms. The van der Waals surface area contributed by atoms with Crippen molar-refractivity contribution < 1.29 is 44.3 Å². The summed E-state index contributed by atoms with van der Waals surface area (Å²) in [6, 6.07) is 13.5. The summed E-state index contributed by atoms with van der Waals surface area (Å²) in [5.41, 5.74) is 10.8. The highest BCUT2D eigenvalue weighted by Crippen LogP contribution is 2.71. The number of hydrogen-bond donors (Lipinski definition) is 11. The summed E-state index contributed by atoms with van der Waals surface area (Å²) in [5, 5.41) is 69.7. The Balaban J connectivity index is 0.914. The number of aliphatic hydroxyl groups is 3. The summed E-state index contributed by atoms with van der Waals surface area (Å²) in [5.74, 6) is -1.32. The van der Waals surface area contributed by atoms with Crippen LogP contribution < -0.4 is 37.6 Å². The van der Waals surface area contributed by atoms with Gasteiger partial charge in [0, 0.05) is 66.2 Å². The molecule has 95 heavy (non-hydrogen) atoms. The molecule has 6 aliphatic heterocycles. The molecule has 2 aromatic rings. The molecule has 0 aromatic heterocycles. The number of carbonyl (C=O) groups excluding carboxylic acids is 3. The van der Waals surface area contributed by atoms with Gasteiger partial charge in [-0.25, -0.2) is 4.79 Å². The summed E-state index contributed by atoms with van der Waals surface area (Å²) in [7, 11) is 1.96. The average molecular weight is 1300 g/mol. The number of phenols is 1. The number of nitrogens with one attached hydrogen (secondary N) is 6. The fourth-order valence-electron chi connectivity index (χ4n) is 22.4. The number of phenolic OH excluding ortho intramolecular Hbond substituents is 1. The standard InChI is InChI=1S/C79H105N7O9/c1-6-85-77-37-51-15-9-13-48-12-7-8-25-74(4)35-47-30-61(71(80)84-42-47)59(50-14-10-17-55(89)31-50)33-63-62(40-77)60(34-65(90)76(63)28-27-75(44-76)26-23-54(39-75)83-41-46(3)88)68(64(77)32-58(48)51)94-73(93)79-70(92)67-52(36-74)16-11-18-57(67)69(91)78(79,95-79)38-53(43-87)45(2)19-20-49-24-29-82-72-56(49)21-22-66(81-5)86-72/h9-11,14-18,24,30-31,37,42,46,48,54,58-60,62-66,68,71,81-90H,6-8,12-13,19-23,25-29,32-36,38-41,43-44,80H2,1-5H3/b53-45-/t46-,48-,54+,58+,59-,60+,62+,63-,64-,65+,66+,68-,71?,74-,75-,76+,77-,78-,79-/m0/s1. The van der Waals surface area contributed by atoms with Crippen LogP contribution in [0.2, 0.25) is 0 Å². The van der Waals surface area contributed by atoms with Gasteiger partial charge in [0.15, 0.2) is 11.4 Å². The van der Waals surface area contributed by atoms with Crippen LogP contribution in [0.5, 0.6) is 5.75 Å². The maximum absolute atomic E-state index is 17.0. The number of aromatic hydroxyl groups is 1. The number of Topliss-reactive ketones (excluding diaryl/α,β-unsaturated/α-hetero) is 2. The first-order valence-corrected chi connectivity index (χ1v) is 36.7. The first-order valence-electron chi connectivity index (χ1n) is 36.7. The third kappa shape index (κ3) is 11.0. The van der Waals surface area contributed by atoms with E-state index in [0.29, 0.717) is 75.2 Å². The van der Waals surface area contributed by atoms with Gasteiger partial charge in [0.25, 0.3) is 5.60 Å². The maximum atomic E-state index is 17.0. The minimum atomic E-state index is -2.35. The molecule has 0 radical (unpaired) electrons. The van der Waals surface area contributed by atoms with Crippen molar-refractivity contribution in [2.75, 3.05) is 33.3 Å². The highest BCUT2D eigenvalue weighted by Gasteiger charge is 2.86. The molecule has 7 aliphatic carbocycles. The number of nitrogens with two attached hydrogens (primary N) is 1. The quantitative estimate of drug-likeness (QED) is 0.0386. The highest BCUT2D eigenvalue weighted by molar-refractivity contribution is 6.33. The molecule has 0 amide bonds. The van der Waals surface area contributed by atoms with Gasteiger partial charge in [-0.3, -0.25) is 9.59 Å². The van der Waals surface area contributed by atoms with Gasteiger partial charge < -0.3 is 67.5 Å². The van der Waals surface area contributed by atoms with Crippen molar-refractivity contribution in [2.24, 2.45) is 57.5 Å². The Morgan fingerprint density at radius 2 is 1.81 bits per heavy atom. The number of esters is 1. The molecule has 510 valence electrons. The zero-order valence-corrected chi connectivity index (χ0v) is 56.8. The number of hydrogen-bond acceptors (Lipinski definition) is 16. The number of dihydropyridines is 2. The fourth-order valence-corrected chi connectivity index (χ4v) is 22.4. The van der Waals surface area contributed by atoms with Crippen LogP contribution in [0.25, 0.3) is 0 Å². The maximum Gasteiger partial charge on any atom is 0.350 e. The molecule has 13 aliphatic rings. The minimum Gasteiger partial charge on any atom is -0.508 e. The molecule has 16 nitrogen and oxygen atoms in total. The Morgan fingerprint density at radius 3 is 2.62 bits per heavy atom. The molecular formula is C79H105N7O9. The molecule has 15 rings (SSSR count). The Labute approximate surface area is 562 Å². The molecule has 5 fully saturated rings. The first-order chi connectivity index (χ1) is 45.8. The summed E-state index contributed by atoms with van der Waals surface area (Å²) in [6.45, 7) is 9.79. The SMILES string of the molecule is CCN[C@@]12C=C3C=CC[C@@H]4CCCC[C@@]5(C)CC6=CNC(N)C(=C6)[C@H](c6cccc(O)c6)C[C@H]6[C@H](C1)[C@@H](C[C@@H](O)[C@@]61CC[C@]6(CC[C@@H](NC[C@H](C)O)C6)C1)[C@H](OC(=O)[C@]16O[C@@]1(C/C(CO)=C(\C)CCC1=CCNC7=C1CC[C@H](NC)N7)C(=O)c1cccc(c1C6=O)C5)[C@@H]2C[C@@H]34. The van der Waals surface area contributed by atoms with E-state index in [1.165, 1.54) is 16.7 Å². The van der Waals surface area contributed by atoms with Crippen molar-refractivity contribution in [1.29, 1.82) is 0 Å². The molecule has 12 N–H and O–H groups in total. The van der Waals surface area contributed by atoms with Crippen LogP contribution >= 0.6 is 0 Å². The van der Waals surface area contributed by atoms with Crippen molar-refractivity contribution >= 4 is 17.5 Å². The molecule has 2 aromatic carbocycles. The first kappa shape index (κ1) is 65.3. The topological polar surface area (TPSA) is 252 Å². The smallest absolute Gasteiger partial charge is 0.350 e. The largest absolute Gasteiger partial charge is 0.508 e. The van der Waals surface area contributed by atoms with Crippen LogP contribution in [0.4, 0.5) is 0 Å². The normalized spacial score (nSPS) is 40.5. The number of aliphatic hydroxyl groups excluding tert-OH is 3. The molecule has 11 bridgehead atoms. The number of epoxide rings is 1. The molecular weight excluding hydrogens is 1190 g/mol. The molecule has 19 atom stereocenters. The number of fused-ring (bicyclic) bond motifs is 4. The molecule has 4 saturated carbocycles. The van der Waals surface area contributed by atoms with E-state index >= 15 is 14.4 Å². The van der Waals surface area contributed by atoms with Crippen LogP contribution in [0.3, 0.4) is 0 Å². The molecule has 16 heteroatoms. The number of carbonyl (C=O) groups is 3.